The van der Waals surface area contributed by atoms with Crippen molar-refractivity contribution >= 4 is 31.7 Å². The molecule has 7 heteroatoms. The Morgan fingerprint density at radius 1 is 1.44 bits per heavy atom. The van der Waals surface area contributed by atoms with E-state index in [2.05, 4.69) is 21.2 Å². The van der Waals surface area contributed by atoms with Gasteiger partial charge in [0.15, 0.2) is 9.84 Å². The van der Waals surface area contributed by atoms with Gasteiger partial charge in [0.05, 0.1) is 16.3 Å². The lowest BCUT2D eigenvalue weighted by Gasteiger charge is -2.10. The van der Waals surface area contributed by atoms with Crippen LogP contribution in [-0.2, 0) is 9.84 Å². The van der Waals surface area contributed by atoms with Crippen molar-refractivity contribution < 1.29 is 17.6 Å². The Balaban J connectivity index is 2.09. The number of carbonyl (C=O) groups excluding carboxylic acids is 1. The minimum absolute atomic E-state index is 0.147. The second-order valence-corrected chi connectivity index (χ2v) is 6.65. The standard InChI is InChI=1S/C11H9BrFNO3S/c12-9-2-1-7(5-10(9)13)11(15)14-8-3-4-18(16,17)6-8/h1-5,8H,6H2,(H,14,15). The van der Waals surface area contributed by atoms with Gasteiger partial charge in [0.1, 0.15) is 5.82 Å². The van der Waals surface area contributed by atoms with Crippen LogP contribution in [0, 0.1) is 5.82 Å². The van der Waals surface area contributed by atoms with Crippen molar-refractivity contribution in [3.63, 3.8) is 0 Å². The molecule has 1 aromatic rings. The van der Waals surface area contributed by atoms with E-state index in [0.717, 1.165) is 11.5 Å². The zero-order valence-corrected chi connectivity index (χ0v) is 11.5. The number of hydrogen-bond acceptors (Lipinski definition) is 3. The van der Waals surface area contributed by atoms with Crippen LogP contribution in [0.1, 0.15) is 10.4 Å². The zero-order valence-electron chi connectivity index (χ0n) is 9.06. The molecule has 1 unspecified atom stereocenters. The molecule has 2 rings (SSSR count). The van der Waals surface area contributed by atoms with E-state index in [4.69, 9.17) is 0 Å². The topological polar surface area (TPSA) is 63.2 Å². The summed E-state index contributed by atoms with van der Waals surface area (Å²) in [4.78, 5) is 11.8. The lowest BCUT2D eigenvalue weighted by atomic mass is 10.2. The van der Waals surface area contributed by atoms with Crippen LogP contribution in [0.2, 0.25) is 0 Å². The maximum absolute atomic E-state index is 13.2. The summed E-state index contributed by atoms with van der Waals surface area (Å²) in [6.07, 6.45) is 1.41. The zero-order chi connectivity index (χ0) is 13.3. The molecule has 1 aromatic carbocycles. The molecule has 1 amide bonds. The number of sulfone groups is 1. The van der Waals surface area contributed by atoms with Crippen LogP contribution in [0.25, 0.3) is 0 Å². The van der Waals surface area contributed by atoms with E-state index in [1.807, 2.05) is 0 Å². The van der Waals surface area contributed by atoms with Crippen LogP contribution in [0.3, 0.4) is 0 Å². The molecule has 18 heavy (non-hydrogen) atoms. The Hall–Kier alpha value is -1.21. The minimum Gasteiger partial charge on any atom is -0.345 e. The van der Waals surface area contributed by atoms with Gasteiger partial charge < -0.3 is 5.32 Å². The summed E-state index contributed by atoms with van der Waals surface area (Å²) in [7, 11) is -3.22. The van der Waals surface area contributed by atoms with Crippen LogP contribution in [0.15, 0.2) is 34.2 Å². The van der Waals surface area contributed by atoms with Gasteiger partial charge in [0, 0.05) is 11.0 Å². The van der Waals surface area contributed by atoms with E-state index in [-0.39, 0.29) is 15.8 Å². The van der Waals surface area contributed by atoms with Crippen LogP contribution < -0.4 is 5.32 Å². The fourth-order valence-corrected chi connectivity index (χ4v) is 3.04. The summed E-state index contributed by atoms with van der Waals surface area (Å²) in [5.41, 5.74) is 0.147. The second-order valence-electron chi connectivity index (χ2n) is 3.87. The average Bonchev–Trinajstić information content (AvgIpc) is 2.62. The molecule has 1 atom stereocenters. The normalized spacial score (nSPS) is 20.9. The molecular weight excluding hydrogens is 325 g/mol. The smallest absolute Gasteiger partial charge is 0.251 e. The number of carbonyl (C=O) groups is 1. The molecular formula is C11H9BrFNO3S. The second kappa shape index (κ2) is 4.81. The first kappa shape index (κ1) is 13.2. The van der Waals surface area contributed by atoms with E-state index < -0.39 is 27.6 Å². The average molecular weight is 334 g/mol. The van der Waals surface area contributed by atoms with E-state index in [9.17, 15) is 17.6 Å². The van der Waals surface area contributed by atoms with Gasteiger partial charge in [-0.3, -0.25) is 4.79 Å². The number of nitrogens with one attached hydrogen (secondary N) is 1. The van der Waals surface area contributed by atoms with Crippen molar-refractivity contribution in [2.45, 2.75) is 6.04 Å². The lowest BCUT2D eigenvalue weighted by Crippen LogP contribution is -2.35. The van der Waals surface area contributed by atoms with Crippen molar-refractivity contribution in [2.75, 3.05) is 5.75 Å². The highest BCUT2D eigenvalue weighted by molar-refractivity contribution is 9.10. The van der Waals surface area contributed by atoms with Gasteiger partial charge in [-0.2, -0.15) is 0 Å². The van der Waals surface area contributed by atoms with Crippen molar-refractivity contribution in [2.24, 2.45) is 0 Å². The van der Waals surface area contributed by atoms with Crippen molar-refractivity contribution in [3.8, 4) is 0 Å². The molecule has 0 saturated heterocycles. The van der Waals surface area contributed by atoms with Gasteiger partial charge in [-0.1, -0.05) is 0 Å². The number of halogens is 2. The van der Waals surface area contributed by atoms with E-state index >= 15 is 0 Å². The van der Waals surface area contributed by atoms with Gasteiger partial charge in [0.25, 0.3) is 5.91 Å². The molecule has 1 N–H and O–H groups in total. The number of benzene rings is 1. The van der Waals surface area contributed by atoms with Crippen molar-refractivity contribution in [1.82, 2.24) is 5.32 Å². The first-order valence-corrected chi connectivity index (χ1v) is 7.55. The van der Waals surface area contributed by atoms with Gasteiger partial charge in [-0.05, 0) is 40.2 Å². The molecule has 1 aliphatic rings. The van der Waals surface area contributed by atoms with Crippen LogP contribution >= 0.6 is 15.9 Å². The van der Waals surface area contributed by atoms with Crippen LogP contribution in [-0.4, -0.2) is 26.1 Å². The summed E-state index contributed by atoms with van der Waals surface area (Å²) >= 11 is 2.98. The predicted octanol–water partition coefficient (Wildman–Crippen LogP) is 1.63. The third-order valence-electron chi connectivity index (χ3n) is 2.43. The number of hydrogen-bond donors (Lipinski definition) is 1. The summed E-state index contributed by atoms with van der Waals surface area (Å²) in [6.45, 7) is 0. The van der Waals surface area contributed by atoms with Crippen LogP contribution in [0.4, 0.5) is 4.39 Å². The molecule has 4 nitrogen and oxygen atoms in total. The third-order valence-corrected chi connectivity index (χ3v) is 4.47. The minimum atomic E-state index is -3.22. The number of amides is 1. The summed E-state index contributed by atoms with van der Waals surface area (Å²) in [5.74, 6) is -1.21. The quantitative estimate of drug-likeness (QED) is 0.894. The maximum atomic E-state index is 13.2. The van der Waals surface area contributed by atoms with Gasteiger partial charge in [-0.15, -0.1) is 0 Å². The highest BCUT2D eigenvalue weighted by Gasteiger charge is 2.23. The molecule has 1 heterocycles. The SMILES string of the molecule is O=C(NC1C=CS(=O)(=O)C1)c1ccc(Br)c(F)c1. The van der Waals surface area contributed by atoms with Crippen molar-refractivity contribution in [3.05, 3.63) is 45.5 Å². The van der Waals surface area contributed by atoms with Gasteiger partial charge >= 0.3 is 0 Å². The molecule has 0 aromatic heterocycles. The molecule has 0 saturated carbocycles. The summed E-state index contributed by atoms with van der Waals surface area (Å²) in [5, 5.41) is 3.58. The highest BCUT2D eigenvalue weighted by Crippen LogP contribution is 2.17. The molecule has 1 aliphatic heterocycles. The maximum Gasteiger partial charge on any atom is 0.251 e. The van der Waals surface area contributed by atoms with E-state index in [1.165, 1.54) is 18.2 Å². The van der Waals surface area contributed by atoms with E-state index in [1.54, 1.807) is 0 Å². The third kappa shape index (κ3) is 2.97. The fourth-order valence-electron chi connectivity index (χ4n) is 1.55. The Bertz CT molecular complexity index is 627. The molecule has 0 radical (unpaired) electrons. The van der Waals surface area contributed by atoms with E-state index in [0.29, 0.717) is 0 Å². The molecule has 96 valence electrons. The Morgan fingerprint density at radius 3 is 2.72 bits per heavy atom. The number of rotatable bonds is 2. The molecule has 0 bridgehead atoms. The monoisotopic (exact) mass is 333 g/mol. The first-order chi connectivity index (χ1) is 8.37. The molecule has 0 fully saturated rings. The van der Waals surface area contributed by atoms with Crippen LogP contribution in [0.5, 0.6) is 0 Å². The molecule has 0 aliphatic carbocycles. The predicted molar refractivity (Wildman–Crippen MR) is 68.3 cm³/mol. The largest absolute Gasteiger partial charge is 0.345 e. The Morgan fingerprint density at radius 2 is 2.17 bits per heavy atom. The lowest BCUT2D eigenvalue weighted by molar-refractivity contribution is 0.0947. The first-order valence-electron chi connectivity index (χ1n) is 5.04. The van der Waals surface area contributed by atoms with Gasteiger partial charge in [-0.25, -0.2) is 12.8 Å². The highest BCUT2D eigenvalue weighted by atomic mass is 79.9. The Labute approximate surface area is 112 Å². The molecule has 0 spiro atoms. The fraction of sp³-hybridized carbons (Fsp3) is 0.182. The van der Waals surface area contributed by atoms with Gasteiger partial charge in [0.2, 0.25) is 0 Å². The summed E-state index contributed by atoms with van der Waals surface area (Å²) < 4.78 is 35.8. The summed E-state index contributed by atoms with van der Waals surface area (Å²) in [6, 6.07) is 3.41. The Kier molecular flexibility index (Phi) is 3.54. The van der Waals surface area contributed by atoms with Crippen molar-refractivity contribution in [1.29, 1.82) is 0 Å².